The van der Waals surface area contributed by atoms with E-state index in [-0.39, 0.29) is 22.4 Å². The van der Waals surface area contributed by atoms with Crippen molar-refractivity contribution in [2.24, 2.45) is 0 Å². The predicted octanol–water partition coefficient (Wildman–Crippen LogP) is 8.23. The van der Waals surface area contributed by atoms with Crippen LogP contribution in [-0.4, -0.2) is 17.7 Å². The van der Waals surface area contributed by atoms with E-state index in [0.717, 1.165) is 23.8 Å². The third-order valence-corrected chi connectivity index (χ3v) is 6.87. The Morgan fingerprint density at radius 2 is 1.04 bits per heavy atom. The van der Waals surface area contributed by atoms with E-state index in [2.05, 4.69) is 0 Å². The maximum absolute atomic E-state index is 15.0. The van der Waals surface area contributed by atoms with Crippen LogP contribution in [0.5, 0.6) is 11.5 Å². The third-order valence-electron chi connectivity index (χ3n) is 6.87. The van der Waals surface area contributed by atoms with Gasteiger partial charge in [-0.25, -0.2) is 35.9 Å². The number of benzene rings is 5. The first-order valence-corrected chi connectivity index (χ1v) is 13.4. The first-order chi connectivity index (χ1) is 22.4. The lowest BCUT2D eigenvalue weighted by molar-refractivity contribution is -0.132. The second kappa shape index (κ2) is 13.0. The van der Waals surface area contributed by atoms with Gasteiger partial charge >= 0.3 is 11.9 Å². The molecule has 6 nitrogen and oxygen atoms in total. The van der Waals surface area contributed by atoms with Gasteiger partial charge in [-0.2, -0.15) is 5.26 Å². The summed E-state index contributed by atoms with van der Waals surface area (Å²) in [5.41, 5.74) is -2.50. The van der Waals surface area contributed by atoms with Gasteiger partial charge in [0.15, 0.2) is 0 Å². The Labute approximate surface area is 262 Å². The van der Waals surface area contributed by atoms with E-state index in [1.165, 1.54) is 18.2 Å². The third kappa shape index (κ3) is 6.74. The molecule has 5 rings (SSSR count). The highest BCUT2D eigenvalue weighted by Gasteiger charge is 2.25. The molecule has 0 fully saturated rings. The molecule has 0 unspecified atom stereocenters. The van der Waals surface area contributed by atoms with E-state index in [4.69, 9.17) is 20.1 Å². The Morgan fingerprint density at radius 1 is 0.596 bits per heavy atom. The maximum atomic E-state index is 15.0. The Kier molecular flexibility index (Phi) is 8.92. The summed E-state index contributed by atoms with van der Waals surface area (Å²) < 4.78 is 97.3. The largest absolute Gasteiger partial charge is 0.422 e. The highest BCUT2D eigenvalue weighted by molar-refractivity contribution is 6.62. The highest BCUT2D eigenvalue weighted by Crippen LogP contribution is 2.34. The SMILES string of the molecule is Cc1ccc(-c2ccc(OC(=O)C(=N)C(=O)Oc3ccc(-c4cc(F)c(-c5cc(F)c(C#N)c(F)c5)c(F)c4)c(F)c3)cc2F)cc1. The molecule has 0 saturated heterocycles. The van der Waals surface area contributed by atoms with Gasteiger partial charge in [0.2, 0.25) is 5.71 Å². The van der Waals surface area contributed by atoms with Crippen LogP contribution in [0.2, 0.25) is 0 Å². The van der Waals surface area contributed by atoms with Crippen molar-refractivity contribution in [3.05, 3.63) is 131 Å². The lowest BCUT2D eigenvalue weighted by atomic mass is 9.97. The highest BCUT2D eigenvalue weighted by atomic mass is 19.2. The van der Waals surface area contributed by atoms with Gasteiger partial charge in [-0.15, -0.1) is 0 Å². The molecular weight excluding hydrogens is 626 g/mol. The maximum Gasteiger partial charge on any atom is 0.369 e. The summed E-state index contributed by atoms with van der Waals surface area (Å²) in [6, 6.07) is 17.1. The zero-order valence-electron chi connectivity index (χ0n) is 23.9. The number of halogens is 6. The van der Waals surface area contributed by atoms with Crippen molar-refractivity contribution >= 4 is 17.7 Å². The molecule has 0 spiro atoms. The van der Waals surface area contributed by atoms with Gasteiger partial charge < -0.3 is 9.47 Å². The number of aryl methyl sites for hydroxylation is 1. The molecule has 0 aromatic heterocycles. The second-order valence-electron chi connectivity index (χ2n) is 10.0. The molecule has 0 heterocycles. The van der Waals surface area contributed by atoms with Gasteiger partial charge in [0, 0.05) is 23.3 Å². The monoisotopic (exact) mass is 644 g/mol. The molecule has 47 heavy (non-hydrogen) atoms. The topological polar surface area (TPSA) is 100 Å². The summed E-state index contributed by atoms with van der Waals surface area (Å²) in [6.07, 6.45) is 0. The van der Waals surface area contributed by atoms with Crippen molar-refractivity contribution in [1.82, 2.24) is 0 Å². The molecule has 1 N–H and O–H groups in total. The molecule has 0 saturated carbocycles. The van der Waals surface area contributed by atoms with Crippen LogP contribution in [0.3, 0.4) is 0 Å². The van der Waals surface area contributed by atoms with Crippen LogP contribution in [0.25, 0.3) is 33.4 Å². The molecule has 0 bridgehead atoms. The minimum Gasteiger partial charge on any atom is -0.422 e. The standard InChI is InChI=1S/C35H18F6N2O4/c1-17-2-4-18(5-3-17)23-8-6-21(14-28(23)38)46-34(44)33(43)35(45)47-22-7-9-24(29(39)15-22)19-10-30(40)32(31(41)11-19)20-12-26(36)25(16-42)27(37)13-20/h2-15,43H,1H3. The van der Waals surface area contributed by atoms with E-state index in [1.807, 2.05) is 6.92 Å². The Morgan fingerprint density at radius 3 is 1.49 bits per heavy atom. The fourth-order valence-corrected chi connectivity index (χ4v) is 4.55. The van der Waals surface area contributed by atoms with Crippen molar-refractivity contribution in [2.75, 3.05) is 0 Å². The van der Waals surface area contributed by atoms with Crippen molar-refractivity contribution in [3.8, 4) is 50.9 Å². The Balaban J connectivity index is 1.28. The normalized spacial score (nSPS) is 10.7. The summed E-state index contributed by atoms with van der Waals surface area (Å²) in [6.45, 7) is 1.87. The summed E-state index contributed by atoms with van der Waals surface area (Å²) in [7, 11) is 0. The van der Waals surface area contributed by atoms with Crippen LogP contribution in [0.15, 0.2) is 84.9 Å². The Bertz CT molecular complexity index is 2100. The first kappa shape index (κ1) is 32.2. The number of nitrogens with one attached hydrogen (secondary N) is 1. The molecular formula is C35H18F6N2O4. The zero-order valence-corrected chi connectivity index (χ0v) is 23.9. The number of esters is 2. The van der Waals surface area contributed by atoms with Crippen LogP contribution in [0.4, 0.5) is 26.3 Å². The van der Waals surface area contributed by atoms with Crippen LogP contribution >= 0.6 is 0 Å². The number of hydrogen-bond acceptors (Lipinski definition) is 6. The first-order valence-electron chi connectivity index (χ1n) is 13.4. The molecule has 0 amide bonds. The van der Waals surface area contributed by atoms with Gasteiger partial charge in [-0.3, -0.25) is 5.41 Å². The van der Waals surface area contributed by atoms with Crippen molar-refractivity contribution in [1.29, 1.82) is 10.7 Å². The van der Waals surface area contributed by atoms with Gasteiger partial charge in [-0.1, -0.05) is 29.8 Å². The number of carbonyl (C=O) groups is 2. The molecule has 5 aromatic rings. The summed E-state index contributed by atoms with van der Waals surface area (Å²) in [4.78, 5) is 24.7. The summed E-state index contributed by atoms with van der Waals surface area (Å²) in [5.74, 6) is -10.9. The van der Waals surface area contributed by atoms with Gasteiger partial charge in [-0.05, 0) is 72.1 Å². The van der Waals surface area contributed by atoms with Crippen molar-refractivity contribution in [3.63, 3.8) is 0 Å². The molecule has 0 aliphatic carbocycles. The quantitative estimate of drug-likeness (QED) is 0.0633. The number of rotatable bonds is 7. The predicted molar refractivity (Wildman–Crippen MR) is 157 cm³/mol. The lowest BCUT2D eigenvalue weighted by Crippen LogP contribution is -2.31. The van der Waals surface area contributed by atoms with Crippen LogP contribution < -0.4 is 9.47 Å². The molecule has 0 aliphatic heterocycles. The number of ether oxygens (including phenoxy) is 2. The Hall–Kier alpha value is -6.22. The minimum atomic E-state index is -1.54. The molecule has 0 atom stereocenters. The molecule has 0 aliphatic rings. The van der Waals surface area contributed by atoms with Crippen LogP contribution in [0.1, 0.15) is 11.1 Å². The van der Waals surface area contributed by atoms with E-state index >= 15 is 0 Å². The summed E-state index contributed by atoms with van der Waals surface area (Å²) in [5, 5.41) is 16.6. The zero-order chi connectivity index (χ0) is 34.0. The van der Waals surface area contributed by atoms with Gasteiger partial charge in [0.25, 0.3) is 0 Å². The smallest absolute Gasteiger partial charge is 0.369 e. The van der Waals surface area contributed by atoms with Crippen molar-refractivity contribution < 1.29 is 45.4 Å². The van der Waals surface area contributed by atoms with E-state index < -0.39 is 75.0 Å². The minimum absolute atomic E-state index is 0.225. The van der Waals surface area contributed by atoms with Crippen LogP contribution in [0, 0.1) is 58.6 Å². The average Bonchev–Trinajstić information content (AvgIpc) is 3.01. The molecule has 12 heteroatoms. The number of nitrogens with zero attached hydrogens (tertiary/aromatic N) is 1. The summed E-state index contributed by atoms with van der Waals surface area (Å²) >= 11 is 0. The number of carbonyl (C=O) groups excluding carboxylic acids is 2. The van der Waals surface area contributed by atoms with Gasteiger partial charge in [0.1, 0.15) is 58.0 Å². The molecule has 5 aromatic carbocycles. The number of nitriles is 1. The van der Waals surface area contributed by atoms with E-state index in [1.54, 1.807) is 24.3 Å². The van der Waals surface area contributed by atoms with Crippen LogP contribution in [-0.2, 0) is 9.59 Å². The number of hydrogen-bond donors (Lipinski definition) is 1. The molecule has 0 radical (unpaired) electrons. The van der Waals surface area contributed by atoms with Gasteiger partial charge in [0.05, 0.1) is 5.56 Å². The fourth-order valence-electron chi connectivity index (χ4n) is 4.55. The van der Waals surface area contributed by atoms with E-state index in [9.17, 15) is 35.9 Å². The van der Waals surface area contributed by atoms with Crippen molar-refractivity contribution in [2.45, 2.75) is 6.92 Å². The van der Waals surface area contributed by atoms with E-state index in [0.29, 0.717) is 35.9 Å². The second-order valence-corrected chi connectivity index (χ2v) is 10.0. The fraction of sp³-hybridized carbons (Fsp3) is 0.0286. The lowest BCUT2D eigenvalue weighted by Gasteiger charge is -2.11. The average molecular weight is 645 g/mol. The molecule has 234 valence electrons.